The van der Waals surface area contributed by atoms with Crippen molar-refractivity contribution in [2.45, 2.75) is 12.3 Å². The Hall–Kier alpha value is -0.240. The second-order valence-corrected chi connectivity index (χ2v) is 10.4. The third-order valence-electron chi connectivity index (χ3n) is 3.63. The molecule has 0 radical (unpaired) electrons. The first kappa shape index (κ1) is 19.1. The Labute approximate surface area is 203 Å². The highest BCUT2D eigenvalue weighted by Crippen LogP contribution is 2.28. The lowest BCUT2D eigenvalue weighted by molar-refractivity contribution is 0.186. The largest absolute Gasteiger partial charge is 0.243 e. The molecule has 0 fully saturated rings. The number of aromatic nitrogens is 8. The van der Waals surface area contributed by atoms with Gasteiger partial charge in [-0.2, -0.15) is 20.4 Å². The van der Waals surface area contributed by atoms with Crippen LogP contribution < -0.4 is 0 Å². The van der Waals surface area contributed by atoms with Crippen LogP contribution in [0.5, 0.6) is 0 Å². The van der Waals surface area contributed by atoms with Gasteiger partial charge in [-0.25, -0.2) is 18.7 Å². The highest BCUT2D eigenvalue weighted by molar-refractivity contribution is 14.1. The average molecular weight is 798 g/mol. The molecule has 0 bridgehead atoms. The minimum Gasteiger partial charge on any atom is -0.243 e. The summed E-state index contributed by atoms with van der Waals surface area (Å²) < 4.78 is 11.8. The van der Waals surface area contributed by atoms with Crippen molar-refractivity contribution < 1.29 is 0 Å². The molecule has 4 aromatic heterocycles. The van der Waals surface area contributed by atoms with Gasteiger partial charge in [0.25, 0.3) is 0 Å². The van der Waals surface area contributed by atoms with Gasteiger partial charge >= 0.3 is 0 Å². The minimum atomic E-state index is -0.270. The second-order valence-electron chi connectivity index (χ2n) is 5.38. The maximum atomic E-state index is 4.55. The fraction of sp³-hybridized carbons (Fsp3) is 0.143. The van der Waals surface area contributed by atoms with Crippen molar-refractivity contribution >= 4 is 90.4 Å². The van der Waals surface area contributed by atoms with E-state index in [1.165, 1.54) is 0 Å². The van der Waals surface area contributed by atoms with Gasteiger partial charge in [0, 0.05) is 24.8 Å². The third-order valence-corrected chi connectivity index (χ3v) is 5.86. The maximum absolute atomic E-state index is 4.55. The summed E-state index contributed by atoms with van der Waals surface area (Å²) in [5.74, 6) is 0. The summed E-state index contributed by atoms with van der Waals surface area (Å²) in [7, 11) is 0. The quantitative estimate of drug-likeness (QED) is 0.290. The molecule has 4 aromatic rings. The molecule has 0 spiro atoms. The van der Waals surface area contributed by atoms with Gasteiger partial charge in [-0.1, -0.05) is 0 Å². The van der Waals surface area contributed by atoms with Gasteiger partial charge in [0.15, 0.2) is 12.3 Å². The van der Waals surface area contributed by atoms with Gasteiger partial charge < -0.3 is 0 Å². The normalized spacial score (nSPS) is 11.8. The third kappa shape index (κ3) is 3.96. The summed E-state index contributed by atoms with van der Waals surface area (Å²) in [5.41, 5.74) is 0. The van der Waals surface area contributed by atoms with E-state index in [4.69, 9.17) is 0 Å². The van der Waals surface area contributed by atoms with Crippen LogP contribution in [0.1, 0.15) is 12.3 Å². The van der Waals surface area contributed by atoms with Gasteiger partial charge in [-0.05, 0) is 90.4 Å². The van der Waals surface area contributed by atoms with Crippen molar-refractivity contribution in [3.8, 4) is 0 Å². The van der Waals surface area contributed by atoms with E-state index in [2.05, 4.69) is 111 Å². The van der Waals surface area contributed by atoms with Crippen LogP contribution in [0.15, 0.2) is 49.6 Å². The standard InChI is InChI=1S/C14H10I4N8/c15-9-1-19-23(5-9)13(24-6-10(16)2-20-24)14(25-7-11(17)3-21-25)26-8-12(18)4-22-26/h1-8,13-14H. The van der Waals surface area contributed by atoms with Gasteiger partial charge in [0.1, 0.15) is 0 Å². The lowest BCUT2D eigenvalue weighted by Gasteiger charge is -2.28. The number of hydrogen-bond acceptors (Lipinski definition) is 4. The lowest BCUT2D eigenvalue weighted by atomic mass is 10.3. The number of rotatable bonds is 5. The summed E-state index contributed by atoms with van der Waals surface area (Å²) >= 11 is 9.03. The van der Waals surface area contributed by atoms with Crippen LogP contribution in [-0.4, -0.2) is 39.1 Å². The van der Waals surface area contributed by atoms with Crippen molar-refractivity contribution in [1.29, 1.82) is 0 Å². The molecule has 0 aliphatic heterocycles. The topological polar surface area (TPSA) is 71.3 Å². The van der Waals surface area contributed by atoms with Crippen molar-refractivity contribution in [3.05, 3.63) is 63.9 Å². The van der Waals surface area contributed by atoms with Crippen LogP contribution in [-0.2, 0) is 0 Å². The van der Waals surface area contributed by atoms with Crippen molar-refractivity contribution in [2.75, 3.05) is 0 Å². The predicted octanol–water partition coefficient (Wildman–Crippen LogP) is 3.69. The smallest absolute Gasteiger partial charge is 0.185 e. The Morgan fingerprint density at radius 3 is 0.885 bits per heavy atom. The molecule has 0 saturated carbocycles. The maximum Gasteiger partial charge on any atom is 0.185 e. The molecule has 26 heavy (non-hydrogen) atoms. The zero-order chi connectivity index (χ0) is 18.3. The van der Waals surface area contributed by atoms with E-state index in [1.54, 1.807) is 0 Å². The molecule has 4 heterocycles. The molecule has 0 N–H and O–H groups in total. The van der Waals surface area contributed by atoms with Crippen molar-refractivity contribution in [3.63, 3.8) is 0 Å². The van der Waals surface area contributed by atoms with Crippen LogP contribution in [0, 0.1) is 14.3 Å². The Morgan fingerprint density at radius 1 is 0.500 bits per heavy atom. The van der Waals surface area contributed by atoms with Crippen LogP contribution in [0.25, 0.3) is 0 Å². The van der Waals surface area contributed by atoms with Gasteiger partial charge in [0.2, 0.25) is 0 Å². The number of nitrogens with zero attached hydrogens (tertiary/aromatic N) is 8. The zero-order valence-electron chi connectivity index (χ0n) is 12.9. The summed E-state index contributed by atoms with van der Waals surface area (Å²) in [4.78, 5) is 0. The molecule has 0 aliphatic carbocycles. The highest BCUT2D eigenvalue weighted by atomic mass is 127. The monoisotopic (exact) mass is 798 g/mol. The Bertz CT molecular complexity index is 868. The van der Waals surface area contributed by atoms with Gasteiger partial charge in [-0.3, -0.25) is 0 Å². The Kier molecular flexibility index (Phi) is 5.89. The first-order valence-electron chi connectivity index (χ1n) is 7.30. The second kappa shape index (κ2) is 8.02. The molecule has 12 heteroatoms. The van der Waals surface area contributed by atoms with Crippen LogP contribution in [0.2, 0.25) is 0 Å². The van der Waals surface area contributed by atoms with Gasteiger partial charge in [0.05, 0.1) is 39.1 Å². The fourth-order valence-corrected chi connectivity index (χ4v) is 4.27. The highest BCUT2D eigenvalue weighted by Gasteiger charge is 2.31. The van der Waals surface area contributed by atoms with E-state index in [0.29, 0.717) is 0 Å². The molecule has 4 rings (SSSR count). The number of hydrogen-bond donors (Lipinski definition) is 0. The first-order valence-corrected chi connectivity index (χ1v) is 11.6. The fourth-order valence-electron chi connectivity index (χ4n) is 2.63. The van der Waals surface area contributed by atoms with Crippen molar-refractivity contribution in [1.82, 2.24) is 39.1 Å². The van der Waals surface area contributed by atoms with E-state index in [0.717, 1.165) is 14.3 Å². The molecule has 0 aromatic carbocycles. The zero-order valence-corrected chi connectivity index (χ0v) is 21.5. The van der Waals surface area contributed by atoms with Crippen molar-refractivity contribution in [2.24, 2.45) is 0 Å². The predicted molar refractivity (Wildman–Crippen MR) is 129 cm³/mol. The minimum absolute atomic E-state index is 0.270. The van der Waals surface area contributed by atoms with Gasteiger partial charge in [-0.15, -0.1) is 0 Å². The first-order chi connectivity index (χ1) is 12.5. The van der Waals surface area contributed by atoms with Crippen LogP contribution in [0.3, 0.4) is 0 Å². The van der Waals surface area contributed by atoms with E-state index in [9.17, 15) is 0 Å². The summed E-state index contributed by atoms with van der Waals surface area (Å²) in [6.07, 6.45) is 14.8. The lowest BCUT2D eigenvalue weighted by Crippen LogP contribution is -2.35. The average Bonchev–Trinajstić information content (AvgIpc) is 3.36. The van der Waals surface area contributed by atoms with Crippen LogP contribution in [0.4, 0.5) is 0 Å². The SMILES string of the molecule is Ic1cnn(C(C(n2cc(I)cn2)n2cc(I)cn2)n2cc(I)cn2)c1. The van der Waals surface area contributed by atoms with E-state index >= 15 is 0 Å². The van der Waals surface area contributed by atoms with E-state index < -0.39 is 0 Å². The molecule has 134 valence electrons. The Morgan fingerprint density at radius 2 is 0.731 bits per heavy atom. The summed E-state index contributed by atoms with van der Waals surface area (Å²) in [5, 5.41) is 18.2. The van der Waals surface area contributed by atoms with Crippen LogP contribution >= 0.6 is 90.4 Å². The molecule has 0 saturated heterocycles. The van der Waals surface area contributed by atoms with E-state index in [1.807, 2.05) is 68.3 Å². The molecule has 0 atom stereocenters. The summed E-state index contributed by atoms with van der Waals surface area (Å²) in [6, 6.07) is 0. The van der Waals surface area contributed by atoms with E-state index in [-0.39, 0.29) is 12.3 Å². The molecule has 8 nitrogen and oxygen atoms in total. The Balaban J connectivity index is 1.91. The molecule has 0 amide bonds. The summed E-state index contributed by atoms with van der Waals surface area (Å²) in [6.45, 7) is 0. The molecular weight excluding hydrogens is 788 g/mol. The number of halogens is 4. The molecule has 0 aliphatic rings. The molecular formula is C14H10I4N8. The molecule has 0 unspecified atom stereocenters.